The summed E-state index contributed by atoms with van der Waals surface area (Å²) in [6.07, 6.45) is 4.11. The third-order valence-corrected chi connectivity index (χ3v) is 6.08. The molecule has 0 atom stereocenters. The van der Waals surface area contributed by atoms with Crippen LogP contribution in [-0.4, -0.2) is 22.0 Å². The molecule has 0 radical (unpaired) electrons. The first-order chi connectivity index (χ1) is 14.4. The van der Waals surface area contributed by atoms with E-state index < -0.39 is 0 Å². The molecule has 1 fully saturated rings. The maximum atomic E-state index is 13.1. The molecule has 0 aliphatic heterocycles. The van der Waals surface area contributed by atoms with Crippen LogP contribution in [-0.2, 0) is 6.54 Å². The average Bonchev–Trinajstić information content (AvgIpc) is 3.23. The Morgan fingerprint density at radius 1 is 1.13 bits per heavy atom. The molecule has 0 spiro atoms. The number of nitrogens with zero attached hydrogens (tertiary/aromatic N) is 1. The summed E-state index contributed by atoms with van der Waals surface area (Å²) in [5, 5.41) is 4.57. The summed E-state index contributed by atoms with van der Waals surface area (Å²) >= 11 is 5.95. The van der Waals surface area contributed by atoms with Gasteiger partial charge in [-0.15, -0.1) is 0 Å². The Balaban J connectivity index is 1.65. The minimum absolute atomic E-state index is 0.131. The largest absolute Gasteiger partial charge is 0.322 e. The molecule has 0 bridgehead atoms. The molecular formula is C24H26ClN3O2. The molecule has 1 aliphatic carbocycles. The lowest BCUT2D eigenvalue weighted by atomic mass is 10.0. The predicted molar refractivity (Wildman–Crippen MR) is 122 cm³/mol. The van der Waals surface area contributed by atoms with Crippen molar-refractivity contribution in [3.8, 4) is 0 Å². The van der Waals surface area contributed by atoms with E-state index in [-0.39, 0.29) is 24.2 Å². The fourth-order valence-electron chi connectivity index (χ4n) is 4.34. The second-order valence-electron chi connectivity index (χ2n) is 8.17. The molecule has 1 saturated carbocycles. The minimum atomic E-state index is -0.191. The molecule has 0 saturated heterocycles. The monoisotopic (exact) mass is 423 g/mol. The van der Waals surface area contributed by atoms with E-state index in [4.69, 9.17) is 11.6 Å². The summed E-state index contributed by atoms with van der Waals surface area (Å²) in [6.45, 7) is 4.32. The van der Waals surface area contributed by atoms with Gasteiger partial charge in [-0.25, -0.2) is 4.79 Å². The van der Waals surface area contributed by atoms with Crippen molar-refractivity contribution in [3.05, 3.63) is 74.5 Å². The lowest BCUT2D eigenvalue weighted by molar-refractivity contribution is 0.184. The molecule has 1 aromatic heterocycles. The fraction of sp³-hybridized carbons (Fsp3) is 0.333. The zero-order chi connectivity index (χ0) is 21.3. The Labute approximate surface area is 181 Å². The van der Waals surface area contributed by atoms with E-state index in [2.05, 4.69) is 22.4 Å². The van der Waals surface area contributed by atoms with Crippen LogP contribution in [0.25, 0.3) is 10.9 Å². The average molecular weight is 424 g/mol. The number of carbonyl (C=O) groups is 1. The lowest BCUT2D eigenvalue weighted by Crippen LogP contribution is -2.42. The van der Waals surface area contributed by atoms with E-state index in [9.17, 15) is 9.59 Å². The molecule has 3 aromatic rings. The number of hydrogen-bond acceptors (Lipinski definition) is 2. The zero-order valence-electron chi connectivity index (χ0n) is 17.3. The van der Waals surface area contributed by atoms with Crippen LogP contribution in [0, 0.1) is 13.8 Å². The van der Waals surface area contributed by atoms with Gasteiger partial charge in [0.2, 0.25) is 0 Å². The van der Waals surface area contributed by atoms with Crippen molar-refractivity contribution < 1.29 is 4.79 Å². The van der Waals surface area contributed by atoms with Crippen molar-refractivity contribution in [3.63, 3.8) is 0 Å². The lowest BCUT2D eigenvalue weighted by Gasteiger charge is -2.29. The van der Waals surface area contributed by atoms with Gasteiger partial charge in [-0.1, -0.05) is 36.1 Å². The molecule has 30 heavy (non-hydrogen) atoms. The van der Waals surface area contributed by atoms with Crippen molar-refractivity contribution in [2.45, 2.75) is 52.1 Å². The van der Waals surface area contributed by atoms with Crippen molar-refractivity contribution >= 4 is 34.2 Å². The van der Waals surface area contributed by atoms with Gasteiger partial charge in [0.15, 0.2) is 0 Å². The maximum Gasteiger partial charge on any atom is 0.322 e. The Hall–Kier alpha value is -2.79. The predicted octanol–water partition coefficient (Wildman–Crippen LogP) is 5.78. The van der Waals surface area contributed by atoms with Gasteiger partial charge in [0, 0.05) is 22.3 Å². The van der Waals surface area contributed by atoms with E-state index in [1.54, 1.807) is 29.2 Å². The van der Waals surface area contributed by atoms with E-state index in [1.807, 2.05) is 19.9 Å². The number of hydrogen-bond donors (Lipinski definition) is 2. The third kappa shape index (κ3) is 4.36. The van der Waals surface area contributed by atoms with E-state index >= 15 is 0 Å². The van der Waals surface area contributed by atoms with Crippen LogP contribution in [0.2, 0.25) is 5.02 Å². The van der Waals surface area contributed by atoms with Crippen LogP contribution in [0.5, 0.6) is 0 Å². The SMILES string of the molecule is Cc1cc(C)c2[nH]c(=O)c(CN(C(=O)Nc3ccc(Cl)cc3)C3CCCC3)cc2c1. The molecule has 0 unspecified atom stereocenters. The normalized spacial score (nSPS) is 14.2. The number of benzene rings is 2. The third-order valence-electron chi connectivity index (χ3n) is 5.83. The standard InChI is InChI=1S/C24H26ClN3O2/c1-15-11-16(2)22-17(12-15)13-18(23(29)27-22)14-28(21-5-3-4-6-21)24(30)26-20-9-7-19(25)8-10-20/h7-13,21H,3-6,14H2,1-2H3,(H,26,30)(H,27,29). The van der Waals surface area contributed by atoms with Crippen LogP contribution in [0.15, 0.2) is 47.3 Å². The molecule has 6 heteroatoms. The summed E-state index contributed by atoms with van der Waals surface area (Å²) in [7, 11) is 0. The molecule has 1 aliphatic rings. The van der Waals surface area contributed by atoms with Gasteiger partial charge in [0.25, 0.3) is 5.56 Å². The molecular weight excluding hydrogens is 398 g/mol. The summed E-state index contributed by atoms with van der Waals surface area (Å²) in [5.41, 5.74) is 4.19. The number of nitrogens with one attached hydrogen (secondary N) is 2. The minimum Gasteiger partial charge on any atom is -0.321 e. The number of anilines is 1. The maximum absolute atomic E-state index is 13.1. The van der Waals surface area contributed by atoms with Gasteiger partial charge >= 0.3 is 6.03 Å². The fourth-order valence-corrected chi connectivity index (χ4v) is 4.47. The molecule has 4 rings (SSSR count). The highest BCUT2D eigenvalue weighted by molar-refractivity contribution is 6.30. The molecule has 1 heterocycles. The summed E-state index contributed by atoms with van der Waals surface area (Å²) in [5.74, 6) is 0. The highest BCUT2D eigenvalue weighted by atomic mass is 35.5. The zero-order valence-corrected chi connectivity index (χ0v) is 18.1. The summed E-state index contributed by atoms with van der Waals surface area (Å²) in [4.78, 5) is 30.8. The smallest absolute Gasteiger partial charge is 0.321 e. The van der Waals surface area contributed by atoms with E-state index in [0.717, 1.165) is 47.7 Å². The van der Waals surface area contributed by atoms with E-state index in [0.29, 0.717) is 16.3 Å². The van der Waals surface area contributed by atoms with Crippen molar-refractivity contribution in [1.82, 2.24) is 9.88 Å². The number of carbonyl (C=O) groups excluding carboxylic acids is 1. The number of aromatic amines is 1. The molecule has 5 nitrogen and oxygen atoms in total. The van der Waals surface area contributed by atoms with Gasteiger partial charge in [0.1, 0.15) is 0 Å². The molecule has 2 amide bonds. The second-order valence-corrected chi connectivity index (χ2v) is 8.61. The second kappa shape index (κ2) is 8.52. The van der Waals surface area contributed by atoms with Gasteiger partial charge in [0.05, 0.1) is 12.1 Å². The number of urea groups is 1. The van der Waals surface area contributed by atoms with Crippen LogP contribution in [0.3, 0.4) is 0 Å². The highest BCUT2D eigenvalue weighted by Gasteiger charge is 2.27. The van der Waals surface area contributed by atoms with Crippen LogP contribution < -0.4 is 10.9 Å². The molecule has 2 N–H and O–H groups in total. The number of pyridine rings is 1. The first kappa shape index (κ1) is 20.5. The first-order valence-corrected chi connectivity index (χ1v) is 10.7. The molecule has 2 aromatic carbocycles. The van der Waals surface area contributed by atoms with Crippen molar-refractivity contribution in [2.75, 3.05) is 5.32 Å². The molecule has 156 valence electrons. The number of fused-ring (bicyclic) bond motifs is 1. The quantitative estimate of drug-likeness (QED) is 0.559. The van der Waals surface area contributed by atoms with Crippen LogP contribution in [0.1, 0.15) is 42.4 Å². The van der Waals surface area contributed by atoms with Crippen molar-refractivity contribution in [2.24, 2.45) is 0 Å². The van der Waals surface area contributed by atoms with Gasteiger partial charge in [-0.05, 0) is 74.0 Å². The topological polar surface area (TPSA) is 65.2 Å². The number of amides is 2. The Bertz CT molecular complexity index is 1130. The summed E-state index contributed by atoms with van der Waals surface area (Å²) < 4.78 is 0. The van der Waals surface area contributed by atoms with Crippen LogP contribution >= 0.6 is 11.6 Å². The van der Waals surface area contributed by atoms with Gasteiger partial charge < -0.3 is 15.2 Å². The number of aromatic nitrogens is 1. The number of aryl methyl sites for hydroxylation is 2. The highest BCUT2D eigenvalue weighted by Crippen LogP contribution is 2.26. The number of rotatable bonds is 4. The number of H-pyrrole nitrogens is 1. The van der Waals surface area contributed by atoms with E-state index in [1.165, 1.54) is 0 Å². The first-order valence-electron chi connectivity index (χ1n) is 10.4. The van der Waals surface area contributed by atoms with Crippen molar-refractivity contribution in [1.29, 1.82) is 0 Å². The van der Waals surface area contributed by atoms with Gasteiger partial charge in [-0.3, -0.25) is 4.79 Å². The van der Waals surface area contributed by atoms with Crippen LogP contribution in [0.4, 0.5) is 10.5 Å². The Kier molecular flexibility index (Phi) is 5.82. The number of halogens is 1. The Morgan fingerprint density at radius 3 is 2.53 bits per heavy atom. The Morgan fingerprint density at radius 2 is 1.83 bits per heavy atom. The summed E-state index contributed by atoms with van der Waals surface area (Å²) in [6, 6.07) is 13.0. The van der Waals surface area contributed by atoms with Gasteiger partial charge in [-0.2, -0.15) is 0 Å².